The number of anilines is 1. The first kappa shape index (κ1) is 8.98. The number of para-hydroxylation sites is 1. The van der Waals surface area contributed by atoms with Gasteiger partial charge in [-0.05, 0) is 30.9 Å². The van der Waals surface area contributed by atoms with Crippen molar-refractivity contribution in [3.05, 3.63) is 34.5 Å². The standard InChI is InChI=1S/C12H11ClN2/c13-9-5-1-4-8-11(14)7-3-2-6-10(7)15-12(8)9/h1,4-5H,2-3,6H2,(H2,14,15). The number of nitrogen functional groups attached to an aromatic ring is 1. The van der Waals surface area contributed by atoms with Gasteiger partial charge in [-0.15, -0.1) is 0 Å². The minimum absolute atomic E-state index is 0.689. The van der Waals surface area contributed by atoms with Gasteiger partial charge in [0.1, 0.15) is 0 Å². The number of nitrogens with two attached hydrogens (primary N) is 1. The van der Waals surface area contributed by atoms with E-state index in [2.05, 4.69) is 4.98 Å². The van der Waals surface area contributed by atoms with Crippen LogP contribution in [-0.4, -0.2) is 4.98 Å². The molecule has 2 aromatic rings. The maximum Gasteiger partial charge on any atom is 0.0912 e. The van der Waals surface area contributed by atoms with Crippen molar-refractivity contribution >= 4 is 28.2 Å². The minimum atomic E-state index is 0.689. The van der Waals surface area contributed by atoms with Gasteiger partial charge in [0.05, 0.1) is 10.5 Å². The number of nitrogens with zero attached hydrogens (tertiary/aromatic N) is 1. The van der Waals surface area contributed by atoms with Gasteiger partial charge in [-0.2, -0.15) is 0 Å². The first-order valence-electron chi connectivity index (χ1n) is 5.13. The zero-order valence-electron chi connectivity index (χ0n) is 8.26. The summed E-state index contributed by atoms with van der Waals surface area (Å²) in [6.07, 6.45) is 3.23. The van der Waals surface area contributed by atoms with E-state index in [1.807, 2.05) is 18.2 Å². The van der Waals surface area contributed by atoms with Crippen molar-refractivity contribution in [2.45, 2.75) is 19.3 Å². The van der Waals surface area contributed by atoms with Crippen LogP contribution in [0.25, 0.3) is 10.9 Å². The second kappa shape index (κ2) is 3.11. The smallest absolute Gasteiger partial charge is 0.0912 e. The Bertz CT molecular complexity index is 549. The molecular weight excluding hydrogens is 208 g/mol. The monoisotopic (exact) mass is 218 g/mol. The van der Waals surface area contributed by atoms with Gasteiger partial charge in [0.25, 0.3) is 0 Å². The Morgan fingerprint density at radius 3 is 3.00 bits per heavy atom. The van der Waals surface area contributed by atoms with Crippen molar-refractivity contribution in [1.29, 1.82) is 0 Å². The van der Waals surface area contributed by atoms with Crippen molar-refractivity contribution in [2.75, 3.05) is 5.73 Å². The molecule has 1 heterocycles. The van der Waals surface area contributed by atoms with Crippen LogP contribution in [0.1, 0.15) is 17.7 Å². The topological polar surface area (TPSA) is 38.9 Å². The quantitative estimate of drug-likeness (QED) is 0.739. The van der Waals surface area contributed by atoms with Gasteiger partial charge in [-0.1, -0.05) is 23.7 Å². The van der Waals surface area contributed by atoms with Crippen LogP contribution in [0.2, 0.25) is 5.02 Å². The van der Waals surface area contributed by atoms with Crippen molar-refractivity contribution in [1.82, 2.24) is 4.98 Å². The van der Waals surface area contributed by atoms with Crippen LogP contribution in [-0.2, 0) is 12.8 Å². The second-order valence-corrected chi connectivity index (χ2v) is 4.35. The highest BCUT2D eigenvalue weighted by Gasteiger charge is 2.18. The molecule has 2 nitrogen and oxygen atoms in total. The van der Waals surface area contributed by atoms with Crippen molar-refractivity contribution < 1.29 is 0 Å². The van der Waals surface area contributed by atoms with Crippen LogP contribution >= 0.6 is 11.6 Å². The van der Waals surface area contributed by atoms with Crippen LogP contribution in [0, 0.1) is 0 Å². The molecule has 0 saturated carbocycles. The molecule has 0 amide bonds. The van der Waals surface area contributed by atoms with E-state index in [4.69, 9.17) is 17.3 Å². The number of rotatable bonds is 0. The van der Waals surface area contributed by atoms with Crippen LogP contribution in [0.15, 0.2) is 18.2 Å². The molecule has 76 valence electrons. The molecule has 0 atom stereocenters. The number of aryl methyl sites for hydroxylation is 1. The largest absolute Gasteiger partial charge is 0.398 e. The third-order valence-corrected chi connectivity index (χ3v) is 3.34. The summed E-state index contributed by atoms with van der Waals surface area (Å²) < 4.78 is 0. The van der Waals surface area contributed by atoms with E-state index in [1.54, 1.807) is 0 Å². The number of halogens is 1. The Labute approximate surface area is 93.1 Å². The number of pyridine rings is 1. The Kier molecular flexibility index (Phi) is 1.86. The van der Waals surface area contributed by atoms with E-state index in [1.165, 1.54) is 5.56 Å². The summed E-state index contributed by atoms with van der Waals surface area (Å²) in [5, 5.41) is 1.68. The zero-order valence-corrected chi connectivity index (χ0v) is 9.01. The van der Waals surface area contributed by atoms with Gasteiger partial charge < -0.3 is 5.73 Å². The first-order chi connectivity index (χ1) is 7.27. The molecule has 0 radical (unpaired) electrons. The lowest BCUT2D eigenvalue weighted by atomic mass is 10.1. The average molecular weight is 219 g/mol. The third kappa shape index (κ3) is 1.21. The highest BCUT2D eigenvalue weighted by Crippen LogP contribution is 2.34. The molecule has 1 aromatic heterocycles. The lowest BCUT2D eigenvalue weighted by molar-refractivity contribution is 0.901. The Balaban J connectivity index is 2.46. The molecular formula is C12H11ClN2. The molecule has 0 unspecified atom stereocenters. The summed E-state index contributed by atoms with van der Waals surface area (Å²) in [6, 6.07) is 5.77. The summed E-state index contributed by atoms with van der Waals surface area (Å²) in [7, 11) is 0. The first-order valence-corrected chi connectivity index (χ1v) is 5.50. The van der Waals surface area contributed by atoms with E-state index < -0.39 is 0 Å². The maximum atomic E-state index is 6.14. The van der Waals surface area contributed by atoms with Gasteiger partial charge in [0, 0.05) is 16.8 Å². The van der Waals surface area contributed by atoms with Crippen LogP contribution in [0.5, 0.6) is 0 Å². The number of hydrogen-bond donors (Lipinski definition) is 1. The Morgan fingerprint density at radius 1 is 1.27 bits per heavy atom. The minimum Gasteiger partial charge on any atom is -0.398 e. The lowest BCUT2D eigenvalue weighted by Crippen LogP contribution is -1.98. The summed E-state index contributed by atoms with van der Waals surface area (Å²) in [4.78, 5) is 4.60. The van der Waals surface area contributed by atoms with E-state index in [-0.39, 0.29) is 0 Å². The molecule has 0 spiro atoms. The molecule has 1 aromatic carbocycles. The maximum absolute atomic E-state index is 6.14. The average Bonchev–Trinajstić information content (AvgIpc) is 2.68. The van der Waals surface area contributed by atoms with Crippen molar-refractivity contribution in [3.8, 4) is 0 Å². The van der Waals surface area contributed by atoms with E-state index in [0.717, 1.165) is 41.5 Å². The fourth-order valence-electron chi connectivity index (χ4n) is 2.29. The Hall–Kier alpha value is -1.28. The van der Waals surface area contributed by atoms with Gasteiger partial charge in [-0.25, -0.2) is 0 Å². The van der Waals surface area contributed by atoms with Gasteiger partial charge in [0.15, 0.2) is 0 Å². The summed E-state index contributed by atoms with van der Waals surface area (Å²) in [5.74, 6) is 0. The summed E-state index contributed by atoms with van der Waals surface area (Å²) >= 11 is 6.11. The second-order valence-electron chi connectivity index (χ2n) is 3.94. The molecule has 15 heavy (non-hydrogen) atoms. The van der Waals surface area contributed by atoms with Gasteiger partial charge >= 0.3 is 0 Å². The fraction of sp³-hybridized carbons (Fsp3) is 0.250. The number of hydrogen-bond acceptors (Lipinski definition) is 2. The van der Waals surface area contributed by atoms with E-state index >= 15 is 0 Å². The van der Waals surface area contributed by atoms with Gasteiger partial charge in [-0.3, -0.25) is 4.98 Å². The summed E-state index contributed by atoms with van der Waals surface area (Å²) in [6.45, 7) is 0. The number of benzene rings is 1. The molecule has 0 saturated heterocycles. The number of fused-ring (bicyclic) bond motifs is 2. The molecule has 3 heteroatoms. The fourth-order valence-corrected chi connectivity index (χ4v) is 2.50. The molecule has 1 aliphatic carbocycles. The number of aromatic nitrogens is 1. The van der Waals surface area contributed by atoms with Crippen molar-refractivity contribution in [2.24, 2.45) is 0 Å². The normalized spacial score (nSPS) is 14.5. The highest BCUT2D eigenvalue weighted by molar-refractivity contribution is 6.35. The zero-order chi connectivity index (χ0) is 10.4. The van der Waals surface area contributed by atoms with E-state index in [9.17, 15) is 0 Å². The van der Waals surface area contributed by atoms with Crippen LogP contribution in [0.3, 0.4) is 0 Å². The SMILES string of the molecule is Nc1c2c(nc3c(Cl)cccc13)CCC2. The van der Waals surface area contributed by atoms with Crippen LogP contribution < -0.4 is 5.73 Å². The van der Waals surface area contributed by atoms with Crippen LogP contribution in [0.4, 0.5) is 5.69 Å². The Morgan fingerprint density at radius 2 is 2.13 bits per heavy atom. The van der Waals surface area contributed by atoms with Gasteiger partial charge in [0.2, 0.25) is 0 Å². The third-order valence-electron chi connectivity index (χ3n) is 3.04. The van der Waals surface area contributed by atoms with Crippen molar-refractivity contribution in [3.63, 3.8) is 0 Å². The molecule has 1 aliphatic rings. The van der Waals surface area contributed by atoms with E-state index in [0.29, 0.717) is 5.02 Å². The molecule has 0 fully saturated rings. The predicted molar refractivity (Wildman–Crippen MR) is 63.2 cm³/mol. The highest BCUT2D eigenvalue weighted by atomic mass is 35.5. The molecule has 2 N–H and O–H groups in total. The molecule has 0 aliphatic heterocycles. The lowest BCUT2D eigenvalue weighted by Gasteiger charge is -2.08. The molecule has 3 rings (SSSR count). The predicted octanol–water partition coefficient (Wildman–Crippen LogP) is 2.96. The molecule has 0 bridgehead atoms. The summed E-state index contributed by atoms with van der Waals surface area (Å²) in [5.41, 5.74) is 10.2.